The van der Waals surface area contributed by atoms with Gasteiger partial charge in [-0.2, -0.15) is 0 Å². The highest BCUT2D eigenvalue weighted by molar-refractivity contribution is 6.43. The van der Waals surface area contributed by atoms with E-state index in [0.29, 0.717) is 11.3 Å². The summed E-state index contributed by atoms with van der Waals surface area (Å²) in [7, 11) is 0. The summed E-state index contributed by atoms with van der Waals surface area (Å²) >= 11 is 5.44. The number of carbonyl (C=O) groups is 3. The third kappa shape index (κ3) is 3.93. The summed E-state index contributed by atoms with van der Waals surface area (Å²) in [6, 6.07) is 5.77. The number of carboxylic acid groups (broad SMARTS) is 1. The summed E-state index contributed by atoms with van der Waals surface area (Å²) in [5, 5.41) is 9.57. The fourth-order valence-electron chi connectivity index (χ4n) is 1.21. The lowest BCUT2D eigenvalue weighted by Gasteiger charge is -2.07. The maximum Gasteiger partial charge on any atom is 0.329 e. The van der Waals surface area contributed by atoms with Gasteiger partial charge in [0.1, 0.15) is 0 Å². The first kappa shape index (κ1) is 14.9. The molecule has 1 unspecified atom stereocenters. The van der Waals surface area contributed by atoms with Crippen LogP contribution >= 0.6 is 11.6 Å². The molecular weight excluding hydrogens is 270 g/mol. The van der Waals surface area contributed by atoms with Gasteiger partial charge in [0, 0.05) is 16.8 Å². The third-order valence-electron chi connectivity index (χ3n) is 2.26. The second kappa shape index (κ2) is 6.15. The number of halogens is 1. The highest BCUT2D eigenvalue weighted by Crippen LogP contribution is 2.14. The molecule has 1 atom stereocenters. The lowest BCUT2D eigenvalue weighted by atomic mass is 10.1. The van der Waals surface area contributed by atoms with E-state index < -0.39 is 17.1 Å². The van der Waals surface area contributed by atoms with Crippen molar-refractivity contribution in [2.45, 2.75) is 12.3 Å². The van der Waals surface area contributed by atoms with Crippen molar-refractivity contribution in [3.05, 3.63) is 42.0 Å². The number of ketones is 1. The van der Waals surface area contributed by atoms with Gasteiger partial charge in [-0.05, 0) is 31.2 Å². The minimum atomic E-state index is -1.61. The van der Waals surface area contributed by atoms with Crippen molar-refractivity contribution in [3.8, 4) is 0 Å². The molecule has 0 saturated carbocycles. The topological polar surface area (TPSA) is 83.5 Å². The Bertz CT molecular complexity index is 536. The predicted molar refractivity (Wildman–Crippen MR) is 71.5 cm³/mol. The Labute approximate surface area is 114 Å². The average molecular weight is 282 g/mol. The molecule has 1 rings (SSSR count). The summed E-state index contributed by atoms with van der Waals surface area (Å²) in [6.07, 6.45) is 0. The lowest BCUT2D eigenvalue weighted by molar-refractivity contribution is -0.135. The first-order valence-electron chi connectivity index (χ1n) is 5.31. The Hall–Kier alpha value is -2.14. The van der Waals surface area contributed by atoms with Crippen LogP contribution < -0.4 is 5.32 Å². The molecule has 0 aliphatic rings. The quantitative estimate of drug-likeness (QED) is 0.375. The smallest absolute Gasteiger partial charge is 0.329 e. The molecule has 1 aromatic rings. The van der Waals surface area contributed by atoms with Crippen LogP contribution in [-0.4, -0.2) is 28.1 Å². The van der Waals surface area contributed by atoms with Crippen LogP contribution in [0.2, 0.25) is 0 Å². The van der Waals surface area contributed by atoms with Crippen molar-refractivity contribution >= 4 is 34.9 Å². The van der Waals surface area contributed by atoms with Gasteiger partial charge in [0.15, 0.2) is 11.2 Å². The fraction of sp³-hybridized carbons (Fsp3) is 0.154. The van der Waals surface area contributed by atoms with Crippen LogP contribution in [-0.2, 0) is 9.59 Å². The molecule has 6 heteroatoms. The summed E-state index contributed by atoms with van der Waals surface area (Å²) < 4.78 is 0. The highest BCUT2D eigenvalue weighted by Gasteiger charge is 2.24. The molecule has 0 saturated heterocycles. The zero-order valence-electron chi connectivity index (χ0n) is 10.1. The third-order valence-corrected chi connectivity index (χ3v) is 2.65. The van der Waals surface area contributed by atoms with E-state index in [-0.39, 0.29) is 11.5 Å². The first-order chi connectivity index (χ1) is 8.82. The number of hydrogen-bond donors (Lipinski definition) is 2. The molecule has 0 spiro atoms. The van der Waals surface area contributed by atoms with Gasteiger partial charge < -0.3 is 10.4 Å². The van der Waals surface area contributed by atoms with Crippen molar-refractivity contribution in [2.75, 3.05) is 5.32 Å². The van der Waals surface area contributed by atoms with Crippen molar-refractivity contribution in [2.24, 2.45) is 0 Å². The van der Waals surface area contributed by atoms with E-state index in [9.17, 15) is 14.4 Å². The molecule has 0 aliphatic heterocycles. The van der Waals surface area contributed by atoms with Crippen molar-refractivity contribution in [1.29, 1.82) is 0 Å². The Balaban J connectivity index is 2.82. The number of hydrogen-bond acceptors (Lipinski definition) is 3. The standard InChI is InChI=1S/C13H12ClNO4/c1-7(2)12(17)15-9-5-3-8(4-6-9)11(16)10(14)13(18)19/h3-6,10H,1H2,2H3,(H,15,17)(H,18,19). The summed E-state index contributed by atoms with van der Waals surface area (Å²) in [5.41, 5.74) is 0.994. The van der Waals surface area contributed by atoms with E-state index in [2.05, 4.69) is 11.9 Å². The monoisotopic (exact) mass is 281 g/mol. The van der Waals surface area contributed by atoms with Crippen LogP contribution in [0.5, 0.6) is 0 Å². The summed E-state index contributed by atoms with van der Waals surface area (Å²) in [4.78, 5) is 33.5. The number of carboxylic acids is 1. The fourth-order valence-corrected chi connectivity index (χ4v) is 1.34. The van der Waals surface area contributed by atoms with Gasteiger partial charge in [-0.15, -0.1) is 11.6 Å². The van der Waals surface area contributed by atoms with E-state index in [4.69, 9.17) is 16.7 Å². The van der Waals surface area contributed by atoms with Crippen molar-refractivity contribution in [3.63, 3.8) is 0 Å². The van der Waals surface area contributed by atoms with Gasteiger partial charge >= 0.3 is 5.97 Å². The van der Waals surface area contributed by atoms with Crippen LogP contribution in [0.4, 0.5) is 5.69 Å². The van der Waals surface area contributed by atoms with Crippen LogP contribution in [0.25, 0.3) is 0 Å². The number of aliphatic carboxylic acids is 1. The Morgan fingerprint density at radius 2 is 1.79 bits per heavy atom. The first-order valence-corrected chi connectivity index (χ1v) is 5.74. The van der Waals surface area contributed by atoms with Crippen LogP contribution in [0.1, 0.15) is 17.3 Å². The van der Waals surface area contributed by atoms with E-state index in [1.54, 1.807) is 6.92 Å². The van der Waals surface area contributed by atoms with Gasteiger partial charge in [0.25, 0.3) is 5.91 Å². The molecule has 0 heterocycles. The number of carbonyl (C=O) groups excluding carboxylic acids is 2. The Morgan fingerprint density at radius 1 is 1.26 bits per heavy atom. The van der Waals surface area contributed by atoms with E-state index in [1.165, 1.54) is 24.3 Å². The molecule has 0 aromatic heterocycles. The minimum absolute atomic E-state index is 0.163. The molecule has 19 heavy (non-hydrogen) atoms. The van der Waals surface area contributed by atoms with Crippen LogP contribution in [0.3, 0.4) is 0 Å². The van der Waals surface area contributed by atoms with Crippen LogP contribution in [0.15, 0.2) is 36.4 Å². The van der Waals surface area contributed by atoms with Gasteiger partial charge in [-0.3, -0.25) is 14.4 Å². The second-order valence-corrected chi connectivity index (χ2v) is 4.31. The SMILES string of the molecule is C=C(C)C(=O)Nc1ccc(C(=O)C(Cl)C(=O)O)cc1. The molecule has 0 fully saturated rings. The summed E-state index contributed by atoms with van der Waals surface area (Å²) in [5.74, 6) is -2.43. The zero-order valence-corrected chi connectivity index (χ0v) is 10.9. The number of alkyl halides is 1. The summed E-state index contributed by atoms with van der Waals surface area (Å²) in [6.45, 7) is 5.06. The molecule has 1 amide bonds. The van der Waals surface area contributed by atoms with Crippen LogP contribution in [0, 0.1) is 0 Å². The molecular formula is C13H12ClNO4. The zero-order chi connectivity index (χ0) is 14.6. The van der Waals surface area contributed by atoms with E-state index >= 15 is 0 Å². The number of Topliss-reactive ketones (excluding diaryl/α,β-unsaturated/α-hetero) is 1. The highest BCUT2D eigenvalue weighted by atomic mass is 35.5. The van der Waals surface area contributed by atoms with E-state index in [1.807, 2.05) is 0 Å². The average Bonchev–Trinajstić information content (AvgIpc) is 2.37. The normalized spacial score (nSPS) is 11.5. The lowest BCUT2D eigenvalue weighted by Crippen LogP contribution is -2.24. The molecule has 2 N–H and O–H groups in total. The Kier molecular flexibility index (Phi) is 4.83. The number of rotatable bonds is 5. The number of nitrogens with one attached hydrogen (secondary N) is 1. The van der Waals surface area contributed by atoms with Gasteiger partial charge in [0.05, 0.1) is 0 Å². The van der Waals surface area contributed by atoms with Gasteiger partial charge in [-0.25, -0.2) is 0 Å². The largest absolute Gasteiger partial charge is 0.480 e. The number of anilines is 1. The molecule has 0 radical (unpaired) electrons. The second-order valence-electron chi connectivity index (χ2n) is 3.88. The maximum absolute atomic E-state index is 11.6. The predicted octanol–water partition coefficient (Wildman–Crippen LogP) is 2.08. The molecule has 0 aliphatic carbocycles. The molecule has 5 nitrogen and oxygen atoms in total. The van der Waals surface area contributed by atoms with E-state index in [0.717, 1.165) is 0 Å². The minimum Gasteiger partial charge on any atom is -0.480 e. The van der Waals surface area contributed by atoms with Crippen molar-refractivity contribution < 1.29 is 19.5 Å². The van der Waals surface area contributed by atoms with Gasteiger partial charge in [-0.1, -0.05) is 6.58 Å². The van der Waals surface area contributed by atoms with Gasteiger partial charge in [0.2, 0.25) is 0 Å². The molecule has 1 aromatic carbocycles. The Morgan fingerprint density at radius 3 is 2.21 bits per heavy atom. The molecule has 100 valence electrons. The number of benzene rings is 1. The number of amides is 1. The maximum atomic E-state index is 11.6. The van der Waals surface area contributed by atoms with Crippen molar-refractivity contribution in [1.82, 2.24) is 0 Å². The molecule has 0 bridgehead atoms.